The average Bonchev–Trinajstić information content (AvgIpc) is 3.41. The Balaban J connectivity index is 1.41. The predicted octanol–water partition coefficient (Wildman–Crippen LogP) is 3.47. The Morgan fingerprint density at radius 1 is 1.15 bits per heavy atom. The van der Waals surface area contributed by atoms with Crippen molar-refractivity contribution in [1.82, 2.24) is 14.7 Å². The zero-order valence-electron chi connectivity index (χ0n) is 14.8. The first-order valence-electron chi connectivity index (χ1n) is 9.15. The number of hydrogen-bond donors (Lipinski definition) is 2. The number of carbonyl (C=O) groups is 2. The minimum Gasteiger partial charge on any atom is -0.478 e. The number of hydrogen-bond acceptors (Lipinski definition) is 3. The fourth-order valence-corrected chi connectivity index (χ4v) is 3.66. The molecule has 1 saturated heterocycles. The topological polar surface area (TPSA) is 87.5 Å². The standard InChI is InChI=1S/C19H21FN4O3/c20-15-3-1-2-4-16(15)22-19(27)23-9-7-13(8-10-23)24-17(12-5-6-12)14(11-21-24)18(25)26/h1-4,11-13H,5-10H2,(H,22,27)(H,25,26). The number of halogens is 1. The molecule has 4 rings (SSSR count). The van der Waals surface area contributed by atoms with E-state index in [9.17, 15) is 19.1 Å². The van der Waals surface area contributed by atoms with Gasteiger partial charge in [-0.2, -0.15) is 5.10 Å². The number of nitrogens with zero attached hydrogens (tertiary/aromatic N) is 3. The van der Waals surface area contributed by atoms with Crippen molar-refractivity contribution in [2.75, 3.05) is 18.4 Å². The summed E-state index contributed by atoms with van der Waals surface area (Å²) < 4.78 is 15.6. The Morgan fingerprint density at radius 2 is 1.85 bits per heavy atom. The van der Waals surface area contributed by atoms with Crippen molar-refractivity contribution in [3.63, 3.8) is 0 Å². The molecule has 1 aromatic heterocycles. The first kappa shape index (κ1) is 17.5. The van der Waals surface area contributed by atoms with Gasteiger partial charge in [0.25, 0.3) is 0 Å². The number of carboxylic acids is 1. The molecule has 7 nitrogen and oxygen atoms in total. The van der Waals surface area contributed by atoms with Crippen LogP contribution in [0.1, 0.15) is 53.7 Å². The van der Waals surface area contributed by atoms with Gasteiger partial charge in [-0.3, -0.25) is 4.68 Å². The maximum absolute atomic E-state index is 13.7. The highest BCUT2D eigenvalue weighted by atomic mass is 19.1. The summed E-state index contributed by atoms with van der Waals surface area (Å²) in [6, 6.07) is 5.82. The van der Waals surface area contributed by atoms with Gasteiger partial charge in [0, 0.05) is 19.0 Å². The minimum atomic E-state index is -0.940. The van der Waals surface area contributed by atoms with E-state index in [0.29, 0.717) is 25.9 Å². The van der Waals surface area contributed by atoms with E-state index in [4.69, 9.17) is 0 Å². The quantitative estimate of drug-likeness (QED) is 0.860. The number of carboxylic acid groups (broad SMARTS) is 1. The van der Waals surface area contributed by atoms with Crippen molar-refractivity contribution < 1.29 is 19.1 Å². The molecule has 27 heavy (non-hydrogen) atoms. The third-order valence-corrected chi connectivity index (χ3v) is 5.24. The van der Waals surface area contributed by atoms with E-state index in [2.05, 4.69) is 10.4 Å². The number of aromatic carboxylic acids is 1. The molecule has 2 N–H and O–H groups in total. The highest BCUT2D eigenvalue weighted by molar-refractivity contribution is 5.90. The molecule has 1 saturated carbocycles. The number of anilines is 1. The molecule has 1 aliphatic carbocycles. The van der Waals surface area contributed by atoms with Crippen molar-refractivity contribution in [2.45, 2.75) is 37.6 Å². The molecule has 0 unspecified atom stereocenters. The van der Waals surface area contributed by atoms with E-state index in [0.717, 1.165) is 18.5 Å². The van der Waals surface area contributed by atoms with Crippen LogP contribution >= 0.6 is 0 Å². The van der Waals surface area contributed by atoms with Crippen LogP contribution in [0.3, 0.4) is 0 Å². The van der Waals surface area contributed by atoms with Crippen molar-refractivity contribution in [3.8, 4) is 0 Å². The SMILES string of the molecule is O=C(O)c1cnn(C2CCN(C(=O)Nc3ccccc3F)CC2)c1C1CC1. The van der Waals surface area contributed by atoms with Gasteiger partial charge in [-0.25, -0.2) is 14.0 Å². The van der Waals surface area contributed by atoms with Gasteiger partial charge in [-0.05, 0) is 37.8 Å². The number of nitrogens with one attached hydrogen (secondary N) is 1. The predicted molar refractivity (Wildman–Crippen MR) is 96.4 cm³/mol. The van der Waals surface area contributed by atoms with Crippen LogP contribution in [-0.4, -0.2) is 44.9 Å². The third kappa shape index (κ3) is 3.51. The fraction of sp³-hybridized carbons (Fsp3) is 0.421. The Hall–Kier alpha value is -2.90. The van der Waals surface area contributed by atoms with Gasteiger partial charge in [0.2, 0.25) is 0 Å². The maximum atomic E-state index is 13.7. The van der Waals surface area contributed by atoms with Crippen molar-refractivity contribution >= 4 is 17.7 Å². The van der Waals surface area contributed by atoms with Crippen LogP contribution in [0.2, 0.25) is 0 Å². The number of carbonyl (C=O) groups excluding carboxylic acids is 1. The number of aromatic nitrogens is 2. The van der Waals surface area contributed by atoms with Crippen LogP contribution in [0.4, 0.5) is 14.9 Å². The molecule has 0 radical (unpaired) electrons. The molecular formula is C19H21FN4O3. The molecule has 1 aromatic carbocycles. The first-order chi connectivity index (χ1) is 13.0. The molecule has 8 heteroatoms. The first-order valence-corrected chi connectivity index (χ1v) is 9.15. The molecule has 2 amide bonds. The molecule has 2 fully saturated rings. The summed E-state index contributed by atoms with van der Waals surface area (Å²) >= 11 is 0. The van der Waals surface area contributed by atoms with Gasteiger partial charge < -0.3 is 15.3 Å². The fourth-order valence-electron chi connectivity index (χ4n) is 3.66. The van der Waals surface area contributed by atoms with Gasteiger partial charge in [0.15, 0.2) is 0 Å². The van der Waals surface area contributed by atoms with E-state index in [1.807, 2.05) is 4.68 Å². The van der Waals surface area contributed by atoms with Crippen LogP contribution in [0, 0.1) is 5.82 Å². The maximum Gasteiger partial charge on any atom is 0.339 e. The van der Waals surface area contributed by atoms with Crippen molar-refractivity contribution in [3.05, 3.63) is 47.5 Å². The van der Waals surface area contributed by atoms with Gasteiger partial charge >= 0.3 is 12.0 Å². The number of amides is 2. The lowest BCUT2D eigenvalue weighted by molar-refractivity contribution is 0.0695. The molecule has 0 atom stereocenters. The molecule has 0 bridgehead atoms. The summed E-state index contributed by atoms with van der Waals surface area (Å²) in [5.41, 5.74) is 1.27. The van der Waals surface area contributed by atoms with Gasteiger partial charge in [-0.1, -0.05) is 12.1 Å². The normalized spacial score (nSPS) is 17.7. The van der Waals surface area contributed by atoms with Gasteiger partial charge in [-0.15, -0.1) is 0 Å². The molecule has 2 aromatic rings. The second-order valence-electron chi connectivity index (χ2n) is 7.10. The van der Waals surface area contributed by atoms with Gasteiger partial charge in [0.1, 0.15) is 11.4 Å². The highest BCUT2D eigenvalue weighted by Gasteiger charge is 2.35. The number of benzene rings is 1. The Morgan fingerprint density at radius 3 is 2.48 bits per heavy atom. The number of piperidine rings is 1. The van der Waals surface area contributed by atoms with E-state index < -0.39 is 11.8 Å². The van der Waals surface area contributed by atoms with Gasteiger partial charge in [0.05, 0.1) is 23.6 Å². The highest BCUT2D eigenvalue weighted by Crippen LogP contribution is 2.43. The summed E-state index contributed by atoms with van der Waals surface area (Å²) in [7, 11) is 0. The number of likely N-dealkylation sites (tertiary alicyclic amines) is 1. The second-order valence-corrected chi connectivity index (χ2v) is 7.10. The van der Waals surface area contributed by atoms with Crippen LogP contribution < -0.4 is 5.32 Å². The monoisotopic (exact) mass is 372 g/mol. The summed E-state index contributed by atoms with van der Waals surface area (Å²) in [4.78, 5) is 25.5. The van der Waals surface area contributed by atoms with E-state index in [-0.39, 0.29) is 29.2 Å². The zero-order valence-corrected chi connectivity index (χ0v) is 14.8. The largest absolute Gasteiger partial charge is 0.478 e. The molecule has 142 valence electrons. The van der Waals surface area contributed by atoms with Crippen LogP contribution in [0.15, 0.2) is 30.5 Å². The van der Waals surface area contributed by atoms with E-state index >= 15 is 0 Å². The zero-order chi connectivity index (χ0) is 19.0. The molecule has 2 heterocycles. The van der Waals surface area contributed by atoms with E-state index in [1.165, 1.54) is 18.3 Å². The molecule has 2 aliphatic rings. The second kappa shape index (κ2) is 7.02. The van der Waals surface area contributed by atoms with Crippen LogP contribution in [-0.2, 0) is 0 Å². The average molecular weight is 372 g/mol. The third-order valence-electron chi connectivity index (χ3n) is 5.24. The molecule has 0 spiro atoms. The van der Waals surface area contributed by atoms with Crippen molar-refractivity contribution in [1.29, 1.82) is 0 Å². The summed E-state index contributed by atoms with van der Waals surface area (Å²) in [5, 5.41) is 16.3. The lowest BCUT2D eigenvalue weighted by atomic mass is 10.0. The summed E-state index contributed by atoms with van der Waals surface area (Å²) in [5.74, 6) is -1.13. The smallest absolute Gasteiger partial charge is 0.339 e. The number of urea groups is 1. The Labute approximate surface area is 155 Å². The summed E-state index contributed by atoms with van der Waals surface area (Å²) in [6.45, 7) is 1.02. The number of para-hydroxylation sites is 1. The lowest BCUT2D eigenvalue weighted by Gasteiger charge is -2.33. The van der Waals surface area contributed by atoms with Crippen LogP contribution in [0.25, 0.3) is 0 Å². The Bertz CT molecular complexity index is 870. The Kier molecular flexibility index (Phi) is 4.55. The molecule has 1 aliphatic heterocycles. The van der Waals surface area contributed by atoms with Crippen LogP contribution in [0.5, 0.6) is 0 Å². The minimum absolute atomic E-state index is 0.0752. The summed E-state index contributed by atoms with van der Waals surface area (Å²) in [6.07, 6.45) is 4.80. The van der Waals surface area contributed by atoms with Crippen molar-refractivity contribution in [2.24, 2.45) is 0 Å². The van der Waals surface area contributed by atoms with E-state index in [1.54, 1.807) is 17.0 Å². The number of rotatable bonds is 4. The molecular weight excluding hydrogens is 351 g/mol. The lowest BCUT2D eigenvalue weighted by Crippen LogP contribution is -2.42.